The van der Waals surface area contributed by atoms with Crippen LogP contribution in [0.25, 0.3) is 5.82 Å². The van der Waals surface area contributed by atoms with Gasteiger partial charge in [0.25, 0.3) is 0 Å². The highest BCUT2D eigenvalue weighted by Crippen LogP contribution is 2.26. The average molecular weight is 257 g/mol. The fourth-order valence-electron chi connectivity index (χ4n) is 2.32. The van der Waals surface area contributed by atoms with Crippen LogP contribution in [0.15, 0.2) is 24.5 Å². The van der Waals surface area contributed by atoms with Crippen LogP contribution in [0.1, 0.15) is 34.0 Å². The molecule has 19 heavy (non-hydrogen) atoms. The van der Waals surface area contributed by atoms with Gasteiger partial charge in [-0.2, -0.15) is 5.10 Å². The van der Waals surface area contributed by atoms with Crippen LogP contribution in [-0.4, -0.2) is 34.3 Å². The summed E-state index contributed by atoms with van der Waals surface area (Å²) in [5.74, 6) is 0.944. The molecule has 1 aliphatic rings. The fraction of sp³-hybridized carbons (Fsp3) is 0.357. The maximum absolute atomic E-state index is 11.2. The Morgan fingerprint density at radius 3 is 3.11 bits per heavy atom. The van der Waals surface area contributed by atoms with Gasteiger partial charge in [0.05, 0.1) is 17.9 Å². The molecule has 5 nitrogen and oxygen atoms in total. The van der Waals surface area contributed by atoms with Crippen LogP contribution >= 0.6 is 0 Å². The van der Waals surface area contributed by atoms with Gasteiger partial charge in [0.15, 0.2) is 12.1 Å². The lowest BCUT2D eigenvalue weighted by Gasteiger charge is -2.04. The number of pyridine rings is 1. The van der Waals surface area contributed by atoms with E-state index in [2.05, 4.69) is 10.1 Å². The molecule has 0 aromatic carbocycles. The average Bonchev–Trinajstić information content (AvgIpc) is 3.07. The lowest BCUT2D eigenvalue weighted by atomic mass is 10.0. The van der Waals surface area contributed by atoms with E-state index in [1.54, 1.807) is 17.1 Å². The number of aromatic nitrogens is 3. The third-order valence-electron chi connectivity index (χ3n) is 3.35. The van der Waals surface area contributed by atoms with E-state index in [0.29, 0.717) is 12.2 Å². The first-order valence-electron chi connectivity index (χ1n) is 6.33. The lowest BCUT2D eigenvalue weighted by Crippen LogP contribution is -2.03. The lowest BCUT2D eigenvalue weighted by molar-refractivity contribution is 0.112. The van der Waals surface area contributed by atoms with Gasteiger partial charge in [0.2, 0.25) is 0 Å². The van der Waals surface area contributed by atoms with Crippen molar-refractivity contribution in [1.82, 2.24) is 14.8 Å². The van der Waals surface area contributed by atoms with Crippen molar-refractivity contribution in [2.24, 2.45) is 0 Å². The summed E-state index contributed by atoms with van der Waals surface area (Å²) in [4.78, 5) is 15.5. The zero-order valence-corrected chi connectivity index (χ0v) is 10.7. The predicted octanol–water partition coefficient (Wildman–Crippen LogP) is 1.89. The summed E-state index contributed by atoms with van der Waals surface area (Å²) in [5.41, 5.74) is 2.55. The Hall–Kier alpha value is -2.01. The Kier molecular flexibility index (Phi) is 3.13. The molecule has 98 valence electrons. The van der Waals surface area contributed by atoms with Crippen molar-refractivity contribution in [2.45, 2.75) is 19.3 Å². The third-order valence-corrected chi connectivity index (χ3v) is 3.35. The van der Waals surface area contributed by atoms with Crippen molar-refractivity contribution in [3.63, 3.8) is 0 Å². The van der Waals surface area contributed by atoms with Crippen LogP contribution < -0.4 is 0 Å². The maximum atomic E-state index is 11.2. The molecule has 2 aromatic rings. The monoisotopic (exact) mass is 257 g/mol. The van der Waals surface area contributed by atoms with E-state index in [9.17, 15) is 4.79 Å². The van der Waals surface area contributed by atoms with Crippen molar-refractivity contribution in [3.05, 3.63) is 41.3 Å². The molecule has 3 rings (SSSR count). The number of rotatable bonds is 3. The highest BCUT2D eigenvalue weighted by atomic mass is 16.5. The fourth-order valence-corrected chi connectivity index (χ4v) is 2.32. The Labute approximate surface area is 111 Å². The van der Waals surface area contributed by atoms with E-state index in [1.807, 2.05) is 19.1 Å². The molecule has 0 aliphatic carbocycles. The van der Waals surface area contributed by atoms with E-state index in [-0.39, 0.29) is 5.92 Å². The molecule has 1 atom stereocenters. The second-order valence-corrected chi connectivity index (χ2v) is 4.78. The van der Waals surface area contributed by atoms with E-state index >= 15 is 0 Å². The number of carbonyl (C=O) groups excluding carboxylic acids is 1. The van der Waals surface area contributed by atoms with Gasteiger partial charge in [-0.15, -0.1) is 0 Å². The number of hydrogen-bond acceptors (Lipinski definition) is 4. The molecule has 1 aliphatic heterocycles. The minimum absolute atomic E-state index is 0.214. The van der Waals surface area contributed by atoms with Crippen LogP contribution in [0.4, 0.5) is 0 Å². The van der Waals surface area contributed by atoms with Crippen molar-refractivity contribution in [2.75, 3.05) is 13.2 Å². The first-order valence-corrected chi connectivity index (χ1v) is 6.33. The number of aryl methyl sites for hydroxylation is 1. The molecule has 0 spiro atoms. The topological polar surface area (TPSA) is 57.0 Å². The van der Waals surface area contributed by atoms with Crippen LogP contribution in [0, 0.1) is 6.92 Å². The summed E-state index contributed by atoms with van der Waals surface area (Å²) in [6.07, 6.45) is 5.25. The number of nitrogens with zero attached hydrogens (tertiary/aromatic N) is 3. The molecule has 1 fully saturated rings. The van der Waals surface area contributed by atoms with E-state index < -0.39 is 0 Å². The third kappa shape index (κ3) is 2.29. The molecule has 3 heterocycles. The van der Waals surface area contributed by atoms with Crippen molar-refractivity contribution in [3.8, 4) is 5.82 Å². The van der Waals surface area contributed by atoms with Gasteiger partial charge in [0.1, 0.15) is 0 Å². The molecule has 0 N–H and O–H groups in total. The Morgan fingerprint density at radius 2 is 2.42 bits per heavy atom. The van der Waals surface area contributed by atoms with Crippen molar-refractivity contribution >= 4 is 6.29 Å². The second kappa shape index (κ2) is 4.93. The zero-order chi connectivity index (χ0) is 13.2. The first kappa shape index (κ1) is 12.0. The Balaban J connectivity index is 2.01. The molecule has 0 radical (unpaired) electrons. The molecule has 0 amide bonds. The van der Waals surface area contributed by atoms with Crippen LogP contribution in [0.5, 0.6) is 0 Å². The van der Waals surface area contributed by atoms with Crippen LogP contribution in [0.2, 0.25) is 0 Å². The molecule has 1 saturated heterocycles. The summed E-state index contributed by atoms with van der Waals surface area (Å²) in [5, 5.41) is 4.52. The molecule has 5 heteroatoms. The summed E-state index contributed by atoms with van der Waals surface area (Å²) in [6, 6.07) is 3.87. The highest BCUT2D eigenvalue weighted by molar-refractivity contribution is 5.76. The number of hydrogen-bond donors (Lipinski definition) is 0. The molecule has 0 saturated carbocycles. The SMILES string of the molecule is Cc1ccnc(-n2cc(C=O)c(C3CCOC3)n2)c1. The Morgan fingerprint density at radius 1 is 1.53 bits per heavy atom. The standard InChI is InChI=1S/C14H15N3O2/c1-10-2-4-15-13(6-10)17-7-12(8-18)14(16-17)11-3-5-19-9-11/h2,4,6-8,11H,3,5,9H2,1H3. The van der Waals surface area contributed by atoms with Gasteiger partial charge in [-0.1, -0.05) is 0 Å². The quantitative estimate of drug-likeness (QED) is 0.788. The minimum Gasteiger partial charge on any atom is -0.381 e. The summed E-state index contributed by atoms with van der Waals surface area (Å²) < 4.78 is 7.04. The minimum atomic E-state index is 0.214. The van der Waals surface area contributed by atoms with Gasteiger partial charge in [-0.25, -0.2) is 9.67 Å². The number of ether oxygens (including phenoxy) is 1. The maximum Gasteiger partial charge on any atom is 0.153 e. The zero-order valence-electron chi connectivity index (χ0n) is 10.7. The largest absolute Gasteiger partial charge is 0.381 e. The first-order chi connectivity index (χ1) is 9.28. The van der Waals surface area contributed by atoms with Crippen LogP contribution in [-0.2, 0) is 4.74 Å². The van der Waals surface area contributed by atoms with Gasteiger partial charge >= 0.3 is 0 Å². The predicted molar refractivity (Wildman–Crippen MR) is 69.7 cm³/mol. The highest BCUT2D eigenvalue weighted by Gasteiger charge is 2.24. The summed E-state index contributed by atoms with van der Waals surface area (Å²) >= 11 is 0. The summed E-state index contributed by atoms with van der Waals surface area (Å²) in [7, 11) is 0. The van der Waals surface area contributed by atoms with Crippen molar-refractivity contribution < 1.29 is 9.53 Å². The van der Waals surface area contributed by atoms with Gasteiger partial charge in [-0.05, 0) is 31.0 Å². The molecular formula is C14H15N3O2. The van der Waals surface area contributed by atoms with Gasteiger partial charge in [-0.3, -0.25) is 4.79 Å². The molecule has 0 bridgehead atoms. The summed E-state index contributed by atoms with van der Waals surface area (Å²) in [6.45, 7) is 3.37. The number of aldehydes is 1. The van der Waals surface area contributed by atoms with E-state index in [0.717, 1.165) is 36.4 Å². The van der Waals surface area contributed by atoms with E-state index in [4.69, 9.17) is 4.74 Å². The van der Waals surface area contributed by atoms with Crippen LogP contribution in [0.3, 0.4) is 0 Å². The van der Waals surface area contributed by atoms with Gasteiger partial charge in [0, 0.05) is 24.9 Å². The van der Waals surface area contributed by atoms with E-state index in [1.165, 1.54) is 0 Å². The Bertz CT molecular complexity index is 600. The molecular weight excluding hydrogens is 242 g/mol. The molecule has 1 unspecified atom stereocenters. The second-order valence-electron chi connectivity index (χ2n) is 4.78. The normalized spacial score (nSPS) is 18.7. The number of carbonyl (C=O) groups is 1. The van der Waals surface area contributed by atoms with Gasteiger partial charge < -0.3 is 4.74 Å². The molecule has 2 aromatic heterocycles. The van der Waals surface area contributed by atoms with Crippen molar-refractivity contribution in [1.29, 1.82) is 0 Å². The smallest absolute Gasteiger partial charge is 0.153 e.